The van der Waals surface area contributed by atoms with Crippen LogP contribution in [0.1, 0.15) is 51.2 Å². The van der Waals surface area contributed by atoms with E-state index in [-0.39, 0.29) is 0 Å². The molecular formula is C17H29N. The highest BCUT2D eigenvalue weighted by molar-refractivity contribution is 5.21. The van der Waals surface area contributed by atoms with Gasteiger partial charge >= 0.3 is 0 Å². The Labute approximate surface area is 113 Å². The van der Waals surface area contributed by atoms with Crippen LogP contribution >= 0.6 is 0 Å². The Morgan fingerprint density at radius 1 is 1.00 bits per heavy atom. The molecule has 1 aromatic carbocycles. The Hall–Kier alpha value is -0.820. The summed E-state index contributed by atoms with van der Waals surface area (Å²) in [5.74, 6) is 0.811. The van der Waals surface area contributed by atoms with Gasteiger partial charge in [-0.15, -0.1) is 0 Å². The minimum Gasteiger partial charge on any atom is -0.314 e. The third kappa shape index (κ3) is 6.20. The SMILES string of the molecule is CCNC(CCc1ccc(C)cc1)CCC(C)C. The lowest BCUT2D eigenvalue weighted by Crippen LogP contribution is -2.29. The second kappa shape index (κ2) is 8.31. The fourth-order valence-electron chi connectivity index (χ4n) is 2.27. The predicted octanol–water partition coefficient (Wildman–Crippen LogP) is 4.34. The Morgan fingerprint density at radius 3 is 2.22 bits per heavy atom. The van der Waals surface area contributed by atoms with Gasteiger partial charge < -0.3 is 5.32 Å². The zero-order valence-electron chi connectivity index (χ0n) is 12.5. The standard InChI is InChI=1S/C17H29N/c1-5-18-17(12-6-14(2)3)13-11-16-9-7-15(4)8-10-16/h7-10,14,17-18H,5-6,11-13H2,1-4H3. The molecule has 0 spiro atoms. The quantitative estimate of drug-likeness (QED) is 0.720. The fourth-order valence-corrected chi connectivity index (χ4v) is 2.27. The second-order valence-electron chi connectivity index (χ2n) is 5.75. The summed E-state index contributed by atoms with van der Waals surface area (Å²) in [6.45, 7) is 10.0. The van der Waals surface area contributed by atoms with Gasteiger partial charge in [0.15, 0.2) is 0 Å². The molecule has 1 heteroatoms. The van der Waals surface area contributed by atoms with E-state index in [1.807, 2.05) is 0 Å². The molecule has 0 fully saturated rings. The van der Waals surface area contributed by atoms with Gasteiger partial charge in [-0.1, -0.05) is 50.6 Å². The van der Waals surface area contributed by atoms with E-state index in [0.717, 1.165) is 12.5 Å². The minimum atomic E-state index is 0.679. The van der Waals surface area contributed by atoms with Crippen LogP contribution in [0.25, 0.3) is 0 Å². The molecule has 1 unspecified atom stereocenters. The van der Waals surface area contributed by atoms with Crippen molar-refractivity contribution in [3.63, 3.8) is 0 Å². The van der Waals surface area contributed by atoms with Crippen LogP contribution in [0.3, 0.4) is 0 Å². The molecule has 0 heterocycles. The van der Waals surface area contributed by atoms with Crippen LogP contribution in [0.5, 0.6) is 0 Å². The Morgan fingerprint density at radius 2 is 1.67 bits per heavy atom. The number of nitrogens with one attached hydrogen (secondary N) is 1. The lowest BCUT2D eigenvalue weighted by molar-refractivity contribution is 0.417. The van der Waals surface area contributed by atoms with Crippen LogP contribution in [0.4, 0.5) is 0 Å². The van der Waals surface area contributed by atoms with Crippen molar-refractivity contribution in [2.24, 2.45) is 5.92 Å². The van der Waals surface area contributed by atoms with Gasteiger partial charge in [0.1, 0.15) is 0 Å². The lowest BCUT2D eigenvalue weighted by Gasteiger charge is -2.19. The van der Waals surface area contributed by atoms with Gasteiger partial charge in [-0.2, -0.15) is 0 Å². The van der Waals surface area contributed by atoms with Crippen molar-refractivity contribution in [1.29, 1.82) is 0 Å². The number of hydrogen-bond acceptors (Lipinski definition) is 1. The zero-order chi connectivity index (χ0) is 13.4. The van der Waals surface area contributed by atoms with Gasteiger partial charge in [0, 0.05) is 6.04 Å². The summed E-state index contributed by atoms with van der Waals surface area (Å²) in [7, 11) is 0. The first-order valence-electron chi connectivity index (χ1n) is 7.40. The Bertz CT molecular complexity index is 313. The molecule has 102 valence electrons. The first kappa shape index (κ1) is 15.2. The van der Waals surface area contributed by atoms with E-state index in [1.165, 1.54) is 36.8 Å². The van der Waals surface area contributed by atoms with Gasteiger partial charge in [0.2, 0.25) is 0 Å². The minimum absolute atomic E-state index is 0.679. The fraction of sp³-hybridized carbons (Fsp3) is 0.647. The van der Waals surface area contributed by atoms with E-state index >= 15 is 0 Å². The average molecular weight is 247 g/mol. The van der Waals surface area contributed by atoms with E-state index < -0.39 is 0 Å². The first-order valence-corrected chi connectivity index (χ1v) is 7.40. The van der Waals surface area contributed by atoms with Gasteiger partial charge in [-0.25, -0.2) is 0 Å². The van der Waals surface area contributed by atoms with E-state index in [4.69, 9.17) is 0 Å². The number of hydrogen-bond donors (Lipinski definition) is 1. The molecule has 0 aliphatic carbocycles. The van der Waals surface area contributed by atoms with Crippen molar-refractivity contribution < 1.29 is 0 Å². The average Bonchev–Trinajstić information content (AvgIpc) is 2.34. The van der Waals surface area contributed by atoms with Gasteiger partial charge in [-0.3, -0.25) is 0 Å². The lowest BCUT2D eigenvalue weighted by atomic mass is 9.97. The van der Waals surface area contributed by atoms with E-state index in [1.54, 1.807) is 0 Å². The molecule has 0 bridgehead atoms. The molecule has 18 heavy (non-hydrogen) atoms. The number of aryl methyl sites for hydroxylation is 2. The summed E-state index contributed by atoms with van der Waals surface area (Å²) in [6, 6.07) is 9.64. The van der Waals surface area contributed by atoms with Crippen LogP contribution in [0, 0.1) is 12.8 Å². The van der Waals surface area contributed by atoms with Gasteiger partial charge in [0.25, 0.3) is 0 Å². The van der Waals surface area contributed by atoms with Crippen molar-refractivity contribution in [1.82, 2.24) is 5.32 Å². The molecule has 1 aromatic rings. The molecule has 0 saturated heterocycles. The van der Waals surface area contributed by atoms with Crippen LogP contribution in [0.15, 0.2) is 24.3 Å². The summed E-state index contributed by atoms with van der Waals surface area (Å²) in [5, 5.41) is 3.62. The van der Waals surface area contributed by atoms with Crippen molar-refractivity contribution >= 4 is 0 Å². The topological polar surface area (TPSA) is 12.0 Å². The molecule has 0 radical (unpaired) electrons. The molecule has 0 aromatic heterocycles. The van der Waals surface area contributed by atoms with Crippen molar-refractivity contribution in [3.05, 3.63) is 35.4 Å². The molecule has 1 rings (SSSR count). The molecule has 1 nitrogen and oxygen atoms in total. The second-order valence-corrected chi connectivity index (χ2v) is 5.75. The maximum absolute atomic E-state index is 3.62. The third-order valence-electron chi connectivity index (χ3n) is 3.49. The van der Waals surface area contributed by atoms with Crippen molar-refractivity contribution in [2.75, 3.05) is 6.54 Å². The van der Waals surface area contributed by atoms with Crippen molar-refractivity contribution in [3.8, 4) is 0 Å². The maximum Gasteiger partial charge on any atom is 0.00702 e. The van der Waals surface area contributed by atoms with E-state index in [2.05, 4.69) is 57.3 Å². The molecule has 0 saturated carbocycles. The molecule has 0 aliphatic heterocycles. The normalized spacial score (nSPS) is 12.9. The predicted molar refractivity (Wildman–Crippen MR) is 81.0 cm³/mol. The number of rotatable bonds is 8. The molecule has 0 amide bonds. The largest absolute Gasteiger partial charge is 0.314 e. The first-order chi connectivity index (χ1) is 8.61. The van der Waals surface area contributed by atoms with Crippen LogP contribution in [0.2, 0.25) is 0 Å². The third-order valence-corrected chi connectivity index (χ3v) is 3.49. The van der Waals surface area contributed by atoms with Crippen LogP contribution < -0.4 is 5.32 Å². The van der Waals surface area contributed by atoms with Gasteiger partial charge in [-0.05, 0) is 50.6 Å². The van der Waals surface area contributed by atoms with Crippen molar-refractivity contribution in [2.45, 2.75) is 59.4 Å². The van der Waals surface area contributed by atoms with Crippen LogP contribution in [-0.2, 0) is 6.42 Å². The molecule has 1 atom stereocenters. The van der Waals surface area contributed by atoms with E-state index in [9.17, 15) is 0 Å². The monoisotopic (exact) mass is 247 g/mol. The summed E-state index contributed by atoms with van der Waals surface area (Å²) in [6.07, 6.45) is 5.07. The maximum atomic E-state index is 3.62. The smallest absolute Gasteiger partial charge is 0.00702 e. The highest BCUT2D eigenvalue weighted by Gasteiger charge is 2.08. The number of benzene rings is 1. The summed E-state index contributed by atoms with van der Waals surface area (Å²) in [5.41, 5.74) is 2.81. The van der Waals surface area contributed by atoms with Gasteiger partial charge in [0.05, 0.1) is 0 Å². The summed E-state index contributed by atoms with van der Waals surface area (Å²) >= 11 is 0. The molecule has 0 aliphatic rings. The Balaban J connectivity index is 2.38. The molecular weight excluding hydrogens is 218 g/mol. The zero-order valence-corrected chi connectivity index (χ0v) is 12.5. The highest BCUT2D eigenvalue weighted by Crippen LogP contribution is 2.13. The summed E-state index contributed by atoms with van der Waals surface area (Å²) < 4.78 is 0. The van der Waals surface area contributed by atoms with Crippen LogP contribution in [-0.4, -0.2) is 12.6 Å². The summed E-state index contributed by atoms with van der Waals surface area (Å²) in [4.78, 5) is 0. The molecule has 1 N–H and O–H groups in total. The van der Waals surface area contributed by atoms with E-state index in [0.29, 0.717) is 6.04 Å². The Kier molecular flexibility index (Phi) is 7.04. The highest BCUT2D eigenvalue weighted by atomic mass is 14.9.